The largest absolute Gasteiger partial charge is 0.507 e. The molecular weight excluding hydrogens is 499 g/mol. The van der Waals surface area contributed by atoms with Crippen molar-refractivity contribution in [3.8, 4) is 5.75 Å². The fraction of sp³-hybridized carbons (Fsp3) is 0.143. The summed E-state index contributed by atoms with van der Waals surface area (Å²) in [7, 11) is 1.61. The van der Waals surface area contributed by atoms with E-state index < -0.39 is 17.7 Å². The average molecular weight is 521 g/mol. The number of halogens is 2. The van der Waals surface area contributed by atoms with Gasteiger partial charge in [0.2, 0.25) is 0 Å². The number of fused-ring (bicyclic) bond motifs is 1. The van der Waals surface area contributed by atoms with E-state index in [-0.39, 0.29) is 17.9 Å². The first-order chi connectivity index (χ1) is 17.4. The molecule has 1 aromatic heterocycles. The highest BCUT2D eigenvalue weighted by Gasteiger charge is 2.46. The number of carbonyl (C=O) groups is 2. The maximum atomic E-state index is 13.3. The van der Waals surface area contributed by atoms with Crippen LogP contribution in [-0.4, -0.2) is 40.3 Å². The van der Waals surface area contributed by atoms with Crippen LogP contribution in [-0.2, 0) is 16.0 Å². The highest BCUT2D eigenvalue weighted by atomic mass is 35.5. The van der Waals surface area contributed by atoms with Crippen molar-refractivity contribution < 1.29 is 19.4 Å². The normalized spacial score (nSPS) is 17.2. The number of carbonyl (C=O) groups excluding carboxylic acids is 2. The van der Waals surface area contributed by atoms with Gasteiger partial charge >= 0.3 is 0 Å². The van der Waals surface area contributed by atoms with Crippen LogP contribution in [0.25, 0.3) is 16.7 Å². The van der Waals surface area contributed by atoms with Crippen molar-refractivity contribution in [1.82, 2.24) is 9.88 Å². The first kappa shape index (κ1) is 24.0. The Hall–Kier alpha value is -3.74. The predicted molar refractivity (Wildman–Crippen MR) is 140 cm³/mol. The lowest BCUT2D eigenvalue weighted by molar-refractivity contribution is -0.139. The topological polar surface area (TPSA) is 82.6 Å². The Morgan fingerprint density at radius 2 is 1.81 bits per heavy atom. The molecule has 0 bridgehead atoms. The quantitative estimate of drug-likeness (QED) is 0.181. The van der Waals surface area contributed by atoms with Crippen LogP contribution in [0.4, 0.5) is 0 Å². The van der Waals surface area contributed by atoms with E-state index in [1.54, 1.807) is 55.6 Å². The Labute approximate surface area is 217 Å². The van der Waals surface area contributed by atoms with Gasteiger partial charge in [0.1, 0.15) is 11.5 Å². The molecule has 1 aliphatic heterocycles. The molecule has 0 spiro atoms. The number of amides is 1. The van der Waals surface area contributed by atoms with E-state index in [1.807, 2.05) is 24.4 Å². The zero-order chi connectivity index (χ0) is 25.4. The second-order valence-corrected chi connectivity index (χ2v) is 9.34. The number of ether oxygens (including phenoxy) is 1. The summed E-state index contributed by atoms with van der Waals surface area (Å²) in [5, 5.41) is 13.0. The fourth-order valence-electron chi connectivity index (χ4n) is 4.63. The molecule has 4 aromatic rings. The molecule has 182 valence electrons. The molecule has 36 heavy (non-hydrogen) atoms. The number of rotatable bonds is 6. The minimum atomic E-state index is -0.839. The Balaban J connectivity index is 1.56. The molecular formula is C28H22Cl2N2O4. The molecule has 1 atom stereocenters. The second kappa shape index (κ2) is 9.72. The van der Waals surface area contributed by atoms with E-state index in [1.165, 1.54) is 4.90 Å². The molecule has 1 fully saturated rings. The summed E-state index contributed by atoms with van der Waals surface area (Å²) in [5.41, 5.74) is 2.86. The number of nitrogens with one attached hydrogen (secondary N) is 1. The maximum Gasteiger partial charge on any atom is 0.295 e. The molecule has 2 heterocycles. The average Bonchev–Trinajstić information content (AvgIpc) is 3.40. The lowest BCUT2D eigenvalue weighted by Gasteiger charge is -2.26. The summed E-state index contributed by atoms with van der Waals surface area (Å²) in [4.78, 5) is 31.2. The van der Waals surface area contributed by atoms with E-state index in [9.17, 15) is 14.7 Å². The first-order valence-electron chi connectivity index (χ1n) is 11.3. The van der Waals surface area contributed by atoms with Gasteiger partial charge in [-0.25, -0.2) is 0 Å². The van der Waals surface area contributed by atoms with Crippen LogP contribution >= 0.6 is 23.2 Å². The number of aliphatic hydroxyl groups is 1. The van der Waals surface area contributed by atoms with Crippen LogP contribution in [0, 0.1) is 0 Å². The number of aromatic amines is 1. The van der Waals surface area contributed by atoms with Gasteiger partial charge in [0, 0.05) is 39.3 Å². The van der Waals surface area contributed by atoms with Crippen LogP contribution in [0.1, 0.15) is 22.7 Å². The van der Waals surface area contributed by atoms with Gasteiger partial charge in [0.25, 0.3) is 11.7 Å². The molecule has 1 aliphatic rings. The second-order valence-electron chi connectivity index (χ2n) is 8.50. The van der Waals surface area contributed by atoms with Gasteiger partial charge in [-0.2, -0.15) is 0 Å². The van der Waals surface area contributed by atoms with E-state index in [0.717, 1.165) is 22.2 Å². The summed E-state index contributed by atoms with van der Waals surface area (Å²) in [6.07, 6.45) is 2.36. The van der Waals surface area contributed by atoms with Crippen LogP contribution in [0.15, 0.2) is 78.5 Å². The van der Waals surface area contributed by atoms with Crippen LogP contribution in [0.2, 0.25) is 10.0 Å². The number of aromatic nitrogens is 1. The Bertz CT molecular complexity index is 1510. The number of nitrogens with zero attached hydrogens (tertiary/aromatic N) is 1. The van der Waals surface area contributed by atoms with Gasteiger partial charge in [-0.15, -0.1) is 0 Å². The maximum absolute atomic E-state index is 13.3. The molecule has 0 unspecified atom stereocenters. The number of ketones is 1. The lowest BCUT2D eigenvalue weighted by atomic mass is 9.95. The SMILES string of the molecule is COc1ccc2[nH]cc(CCN3C(=O)C(=O)C(=C(O)c4ccc(Cl)cc4)[C@@H]3c3ccccc3Cl)c2c1. The monoisotopic (exact) mass is 520 g/mol. The number of hydrogen-bond acceptors (Lipinski definition) is 4. The third-order valence-corrected chi connectivity index (χ3v) is 7.05. The summed E-state index contributed by atoms with van der Waals surface area (Å²) >= 11 is 12.5. The van der Waals surface area contributed by atoms with Crippen molar-refractivity contribution in [3.05, 3.63) is 105 Å². The molecule has 1 amide bonds. The molecule has 1 saturated heterocycles. The van der Waals surface area contributed by atoms with Crippen LogP contribution < -0.4 is 4.74 Å². The Morgan fingerprint density at radius 3 is 2.53 bits per heavy atom. The van der Waals surface area contributed by atoms with Gasteiger partial charge in [0.05, 0.1) is 18.7 Å². The highest BCUT2D eigenvalue weighted by Crippen LogP contribution is 2.42. The van der Waals surface area contributed by atoms with E-state index in [0.29, 0.717) is 27.6 Å². The Morgan fingerprint density at radius 1 is 1.06 bits per heavy atom. The van der Waals surface area contributed by atoms with Crippen LogP contribution in [0.3, 0.4) is 0 Å². The van der Waals surface area contributed by atoms with Gasteiger partial charge in [-0.3, -0.25) is 9.59 Å². The zero-order valence-electron chi connectivity index (χ0n) is 19.3. The number of methoxy groups -OCH3 is 1. The van der Waals surface area contributed by atoms with Gasteiger partial charge in [0.15, 0.2) is 0 Å². The van der Waals surface area contributed by atoms with E-state index in [4.69, 9.17) is 27.9 Å². The van der Waals surface area contributed by atoms with Crippen molar-refractivity contribution in [2.24, 2.45) is 0 Å². The third-order valence-electron chi connectivity index (χ3n) is 6.45. The van der Waals surface area contributed by atoms with Gasteiger partial charge < -0.3 is 19.7 Å². The number of hydrogen-bond donors (Lipinski definition) is 2. The van der Waals surface area contributed by atoms with Gasteiger partial charge in [-0.1, -0.05) is 41.4 Å². The number of H-pyrrole nitrogens is 1. The summed E-state index contributed by atoms with van der Waals surface area (Å²) in [5.74, 6) is -0.988. The van der Waals surface area contributed by atoms with E-state index in [2.05, 4.69) is 4.98 Å². The van der Waals surface area contributed by atoms with E-state index >= 15 is 0 Å². The number of Topliss-reactive ketones (excluding diaryl/α,β-unsaturated/α-hetero) is 1. The number of aliphatic hydroxyl groups excluding tert-OH is 1. The molecule has 8 heteroatoms. The first-order valence-corrected chi connectivity index (χ1v) is 12.1. The van der Waals surface area contributed by atoms with Gasteiger partial charge in [-0.05, 0) is 66.1 Å². The van der Waals surface area contributed by atoms with Crippen molar-refractivity contribution in [2.75, 3.05) is 13.7 Å². The molecule has 2 N–H and O–H groups in total. The molecule has 0 saturated carbocycles. The minimum absolute atomic E-state index is 0.00369. The molecule has 0 radical (unpaired) electrons. The molecule has 0 aliphatic carbocycles. The van der Waals surface area contributed by atoms with Crippen LogP contribution in [0.5, 0.6) is 5.75 Å². The smallest absolute Gasteiger partial charge is 0.295 e. The molecule has 6 nitrogen and oxygen atoms in total. The fourth-order valence-corrected chi connectivity index (χ4v) is 4.99. The zero-order valence-corrected chi connectivity index (χ0v) is 20.8. The standard InChI is InChI=1S/C28H22Cl2N2O4/c1-36-19-10-11-23-21(14-19)17(15-31-23)12-13-32-25(20-4-2-3-5-22(20)30)24(27(34)28(32)35)26(33)16-6-8-18(29)9-7-16/h2-11,14-15,25,31,33H,12-13H2,1H3/t25-/m0/s1. The van der Waals surface area contributed by atoms with Crippen molar-refractivity contribution in [2.45, 2.75) is 12.5 Å². The number of benzene rings is 3. The van der Waals surface area contributed by atoms with Crippen molar-refractivity contribution >= 4 is 51.6 Å². The van der Waals surface area contributed by atoms with Crippen molar-refractivity contribution in [3.63, 3.8) is 0 Å². The summed E-state index contributed by atoms with van der Waals surface area (Å²) < 4.78 is 5.35. The molecule has 5 rings (SSSR count). The Kier molecular flexibility index (Phi) is 6.48. The molecule has 3 aromatic carbocycles. The predicted octanol–water partition coefficient (Wildman–Crippen LogP) is 6.15. The number of likely N-dealkylation sites (tertiary alicyclic amines) is 1. The van der Waals surface area contributed by atoms with Crippen molar-refractivity contribution in [1.29, 1.82) is 0 Å². The minimum Gasteiger partial charge on any atom is -0.507 e. The third kappa shape index (κ3) is 4.23. The highest BCUT2D eigenvalue weighted by molar-refractivity contribution is 6.47. The summed E-state index contributed by atoms with van der Waals surface area (Å²) in [6.45, 7) is 0.238. The summed E-state index contributed by atoms with van der Waals surface area (Å²) in [6, 6.07) is 18.4. The lowest BCUT2D eigenvalue weighted by Crippen LogP contribution is -2.31.